The summed E-state index contributed by atoms with van der Waals surface area (Å²) in [5, 5.41) is 6.05. The number of carbonyl (C=O) groups is 2. The lowest BCUT2D eigenvalue weighted by atomic mass is 9.90. The maximum atomic E-state index is 12.4. The predicted molar refractivity (Wildman–Crippen MR) is 102 cm³/mol. The maximum Gasteiger partial charge on any atom is 0.349 e. The molecule has 0 unspecified atom stereocenters. The molecule has 0 spiro atoms. The number of rotatable bonds is 4. The standard InChI is InChI=1S/C20H23N3O4/c1-12(24)21-6-7-22-19(25)16-11-14-10-13-4-2-8-23-9-3-5-15(17(13)23)18(14)27-20(16)26/h10-11H,2-9H2,1H3,(H,21,24)(H,22,25). The first-order chi connectivity index (χ1) is 13.0. The van der Waals surface area contributed by atoms with Crippen molar-refractivity contribution in [2.24, 2.45) is 0 Å². The van der Waals surface area contributed by atoms with Gasteiger partial charge in [-0.25, -0.2) is 4.79 Å². The summed E-state index contributed by atoms with van der Waals surface area (Å²) in [4.78, 5) is 38.1. The minimum Gasteiger partial charge on any atom is -0.422 e. The quantitative estimate of drug-likeness (QED) is 0.627. The van der Waals surface area contributed by atoms with Crippen molar-refractivity contribution >= 4 is 28.5 Å². The Labute approximate surface area is 156 Å². The fourth-order valence-electron chi connectivity index (χ4n) is 4.11. The SMILES string of the molecule is CC(=O)NCCNC(=O)c1cc2cc3c4c(c2oc1=O)CCCN4CCC3. The predicted octanol–water partition coefficient (Wildman–Crippen LogP) is 1.36. The average molecular weight is 369 g/mol. The first kappa shape index (κ1) is 17.6. The van der Waals surface area contributed by atoms with Gasteiger partial charge in [0.2, 0.25) is 5.91 Å². The molecule has 0 aliphatic carbocycles. The zero-order valence-corrected chi connectivity index (χ0v) is 15.4. The highest BCUT2D eigenvalue weighted by molar-refractivity contribution is 5.98. The molecule has 1 aromatic carbocycles. The first-order valence-electron chi connectivity index (χ1n) is 9.45. The van der Waals surface area contributed by atoms with Crippen LogP contribution in [0.2, 0.25) is 0 Å². The second kappa shape index (κ2) is 7.06. The van der Waals surface area contributed by atoms with Crippen LogP contribution >= 0.6 is 0 Å². The zero-order chi connectivity index (χ0) is 19.0. The van der Waals surface area contributed by atoms with Crippen LogP contribution in [0.4, 0.5) is 5.69 Å². The van der Waals surface area contributed by atoms with Crippen LogP contribution in [0.5, 0.6) is 0 Å². The van der Waals surface area contributed by atoms with Crippen molar-refractivity contribution in [2.45, 2.75) is 32.6 Å². The normalized spacial score (nSPS) is 15.4. The Kier molecular flexibility index (Phi) is 4.59. The van der Waals surface area contributed by atoms with Crippen LogP contribution in [-0.4, -0.2) is 38.0 Å². The van der Waals surface area contributed by atoms with Gasteiger partial charge in [-0.15, -0.1) is 0 Å². The van der Waals surface area contributed by atoms with Gasteiger partial charge in [0.25, 0.3) is 5.91 Å². The number of aryl methyl sites for hydroxylation is 2. The number of carbonyl (C=O) groups excluding carboxylic acids is 2. The van der Waals surface area contributed by atoms with E-state index in [0.29, 0.717) is 12.1 Å². The number of anilines is 1. The van der Waals surface area contributed by atoms with Gasteiger partial charge in [-0.05, 0) is 43.4 Å². The zero-order valence-electron chi connectivity index (χ0n) is 15.4. The van der Waals surface area contributed by atoms with E-state index < -0.39 is 11.5 Å². The molecule has 0 atom stereocenters. The topological polar surface area (TPSA) is 91.6 Å². The van der Waals surface area contributed by atoms with Crippen LogP contribution in [0.3, 0.4) is 0 Å². The first-order valence-corrected chi connectivity index (χ1v) is 9.45. The Morgan fingerprint density at radius 1 is 1.11 bits per heavy atom. The Hall–Kier alpha value is -2.83. The number of nitrogens with zero attached hydrogens (tertiary/aromatic N) is 1. The summed E-state index contributed by atoms with van der Waals surface area (Å²) in [6, 6.07) is 3.70. The molecule has 2 N–H and O–H groups in total. The summed E-state index contributed by atoms with van der Waals surface area (Å²) in [5.74, 6) is -0.647. The summed E-state index contributed by atoms with van der Waals surface area (Å²) in [6.45, 7) is 4.07. The van der Waals surface area contributed by atoms with Crippen LogP contribution < -0.4 is 21.2 Å². The van der Waals surface area contributed by atoms with Gasteiger partial charge in [0.15, 0.2) is 0 Å². The van der Waals surface area contributed by atoms with Crippen molar-refractivity contribution in [3.63, 3.8) is 0 Å². The molecule has 7 heteroatoms. The fraction of sp³-hybridized carbons (Fsp3) is 0.450. The lowest BCUT2D eigenvalue weighted by Gasteiger charge is -2.37. The minimum absolute atomic E-state index is 0.000880. The van der Waals surface area contributed by atoms with Crippen LogP contribution in [0.1, 0.15) is 41.3 Å². The van der Waals surface area contributed by atoms with Gasteiger partial charge in [-0.1, -0.05) is 0 Å². The largest absolute Gasteiger partial charge is 0.422 e. The molecule has 0 fully saturated rings. The number of nitrogens with one attached hydrogen (secondary N) is 2. The van der Waals surface area contributed by atoms with E-state index >= 15 is 0 Å². The van der Waals surface area contributed by atoms with Crippen molar-refractivity contribution in [1.82, 2.24) is 10.6 Å². The molecule has 0 saturated heterocycles. The van der Waals surface area contributed by atoms with E-state index in [-0.39, 0.29) is 18.0 Å². The third-order valence-corrected chi connectivity index (χ3v) is 5.24. The highest BCUT2D eigenvalue weighted by atomic mass is 16.4. The average Bonchev–Trinajstić information content (AvgIpc) is 2.65. The summed E-state index contributed by atoms with van der Waals surface area (Å²) in [6.07, 6.45) is 4.05. The van der Waals surface area contributed by atoms with E-state index in [1.807, 2.05) is 0 Å². The van der Waals surface area contributed by atoms with E-state index in [4.69, 9.17) is 4.42 Å². The Morgan fingerprint density at radius 3 is 2.63 bits per heavy atom. The lowest BCUT2D eigenvalue weighted by molar-refractivity contribution is -0.118. The summed E-state index contributed by atoms with van der Waals surface area (Å²) in [7, 11) is 0. The van der Waals surface area contributed by atoms with E-state index in [1.54, 1.807) is 6.07 Å². The number of fused-ring (bicyclic) bond motifs is 2. The van der Waals surface area contributed by atoms with Gasteiger partial charge in [-0.3, -0.25) is 9.59 Å². The van der Waals surface area contributed by atoms with Gasteiger partial charge in [0.1, 0.15) is 11.1 Å². The van der Waals surface area contributed by atoms with Gasteiger partial charge < -0.3 is 20.0 Å². The Bertz CT molecular complexity index is 977. The van der Waals surface area contributed by atoms with Crippen molar-refractivity contribution in [1.29, 1.82) is 0 Å². The van der Waals surface area contributed by atoms with Crippen molar-refractivity contribution in [2.75, 3.05) is 31.1 Å². The summed E-state index contributed by atoms with van der Waals surface area (Å²) in [5.41, 5.74) is 3.60. The van der Waals surface area contributed by atoms with Crippen LogP contribution in [-0.2, 0) is 17.6 Å². The highest BCUT2D eigenvalue weighted by Gasteiger charge is 2.27. The van der Waals surface area contributed by atoms with Crippen LogP contribution in [0.15, 0.2) is 21.3 Å². The van der Waals surface area contributed by atoms with Crippen molar-refractivity contribution < 1.29 is 14.0 Å². The third kappa shape index (κ3) is 3.29. The van der Waals surface area contributed by atoms with Crippen LogP contribution in [0, 0.1) is 0 Å². The molecule has 1 aromatic heterocycles. The summed E-state index contributed by atoms with van der Waals surface area (Å²) >= 11 is 0. The lowest BCUT2D eigenvalue weighted by Crippen LogP contribution is -2.36. The maximum absolute atomic E-state index is 12.4. The molecule has 2 aromatic rings. The molecule has 0 saturated carbocycles. The fourth-order valence-corrected chi connectivity index (χ4v) is 4.11. The minimum atomic E-state index is -0.622. The second-order valence-corrected chi connectivity index (χ2v) is 7.16. The molecule has 4 rings (SSSR count). The molecule has 0 bridgehead atoms. The number of hydrogen-bond donors (Lipinski definition) is 2. The van der Waals surface area contributed by atoms with Crippen LogP contribution in [0.25, 0.3) is 11.0 Å². The molecular weight excluding hydrogens is 346 g/mol. The van der Waals surface area contributed by atoms with Gasteiger partial charge in [-0.2, -0.15) is 0 Å². The molecule has 142 valence electrons. The van der Waals surface area contributed by atoms with E-state index in [9.17, 15) is 14.4 Å². The smallest absolute Gasteiger partial charge is 0.349 e. The van der Waals surface area contributed by atoms with Gasteiger partial charge in [0.05, 0.1) is 0 Å². The third-order valence-electron chi connectivity index (χ3n) is 5.24. The Balaban J connectivity index is 1.68. The van der Waals surface area contributed by atoms with E-state index in [2.05, 4.69) is 21.6 Å². The molecule has 2 aliphatic heterocycles. The second-order valence-electron chi connectivity index (χ2n) is 7.16. The van der Waals surface area contributed by atoms with Gasteiger partial charge >= 0.3 is 5.63 Å². The molecular formula is C20H23N3O4. The number of amides is 2. The van der Waals surface area contributed by atoms with Crippen molar-refractivity contribution in [3.8, 4) is 0 Å². The summed E-state index contributed by atoms with van der Waals surface area (Å²) < 4.78 is 5.62. The van der Waals surface area contributed by atoms with Crippen molar-refractivity contribution in [3.05, 3.63) is 39.2 Å². The van der Waals surface area contributed by atoms with Gasteiger partial charge in [0, 0.05) is 49.7 Å². The monoisotopic (exact) mass is 369 g/mol. The molecule has 0 radical (unpaired) electrons. The number of hydrogen-bond acceptors (Lipinski definition) is 5. The molecule has 2 amide bonds. The molecule has 2 aliphatic rings. The molecule has 3 heterocycles. The molecule has 7 nitrogen and oxygen atoms in total. The highest BCUT2D eigenvalue weighted by Crippen LogP contribution is 2.39. The number of benzene rings is 1. The molecule has 27 heavy (non-hydrogen) atoms. The Morgan fingerprint density at radius 2 is 1.85 bits per heavy atom. The van der Waals surface area contributed by atoms with E-state index in [1.165, 1.54) is 18.2 Å². The van der Waals surface area contributed by atoms with E-state index in [0.717, 1.165) is 49.7 Å².